The minimum atomic E-state index is 0. The van der Waals surface area contributed by atoms with Gasteiger partial charge in [-0.05, 0) is 21.7 Å². The molecule has 40 heavy (non-hydrogen) atoms. The molecule has 0 amide bonds. The van der Waals surface area contributed by atoms with Crippen LogP contribution < -0.4 is 24.8 Å². The van der Waals surface area contributed by atoms with E-state index in [9.17, 15) is 0 Å². The molecule has 0 N–H and O–H groups in total. The topological polar surface area (TPSA) is 0 Å². The van der Waals surface area contributed by atoms with E-state index in [1.54, 1.807) is 0 Å². The maximum atomic E-state index is 3.38. The maximum Gasteiger partial charge on any atom is 2.00 e. The molecule has 4 rings (SSSR count). The number of hydrogen-bond acceptors (Lipinski definition) is 0. The molecule has 0 aromatic heterocycles. The molecule has 0 atom stereocenters. The molecule has 0 heterocycles. The van der Waals surface area contributed by atoms with Gasteiger partial charge < -0.3 is 45.1 Å². The van der Waals surface area contributed by atoms with Gasteiger partial charge in [-0.15, -0.1) is 56.9 Å². The third-order valence-electron chi connectivity index (χ3n) is 6.86. The van der Waals surface area contributed by atoms with Gasteiger partial charge in [0.2, 0.25) is 0 Å². The predicted octanol–water partition coefficient (Wildman–Crippen LogP) is 5.36. The maximum absolute atomic E-state index is 3.38. The molecule has 0 radical (unpaired) electrons. The van der Waals surface area contributed by atoms with Gasteiger partial charge in [0.15, 0.2) is 0 Å². The zero-order valence-electron chi connectivity index (χ0n) is 27.2. The van der Waals surface area contributed by atoms with Crippen LogP contribution in [-0.2, 0) is 47.9 Å². The molecular formula is C37H52Cl2Zr-4. The monoisotopic (exact) mass is 656 g/mol. The molecule has 0 saturated carbocycles. The fourth-order valence-corrected chi connectivity index (χ4v) is 5.09. The molecule has 0 spiro atoms. The molecule has 3 heteroatoms. The van der Waals surface area contributed by atoms with Crippen molar-refractivity contribution in [1.29, 1.82) is 0 Å². The average molecular weight is 659 g/mol. The van der Waals surface area contributed by atoms with Crippen LogP contribution in [0.15, 0.2) is 60.7 Å². The number of halogens is 2. The molecule has 0 saturated heterocycles. The van der Waals surface area contributed by atoms with Gasteiger partial charge in [0, 0.05) is 0 Å². The van der Waals surface area contributed by atoms with E-state index in [1.807, 2.05) is 0 Å². The summed E-state index contributed by atoms with van der Waals surface area (Å²) in [6.07, 6.45) is 0.750. The van der Waals surface area contributed by atoms with Gasteiger partial charge in [-0.2, -0.15) is 24.3 Å². The first-order chi connectivity index (χ1) is 16.8. The van der Waals surface area contributed by atoms with Crippen molar-refractivity contribution < 1.29 is 51.0 Å². The Hall–Kier alpha value is -0.877. The van der Waals surface area contributed by atoms with Crippen LogP contribution in [0, 0.1) is 13.8 Å². The minimum Gasteiger partial charge on any atom is -1.00 e. The zero-order valence-corrected chi connectivity index (χ0v) is 31.1. The van der Waals surface area contributed by atoms with Crippen molar-refractivity contribution in [3.8, 4) is 0 Å². The largest absolute Gasteiger partial charge is 2.00 e. The number of hydrogen-bond donors (Lipinski definition) is 0. The smallest absolute Gasteiger partial charge is 1.00 e. The fourth-order valence-electron chi connectivity index (χ4n) is 5.09. The number of benzene rings is 2. The third-order valence-corrected chi connectivity index (χ3v) is 6.86. The van der Waals surface area contributed by atoms with E-state index in [1.165, 1.54) is 43.8 Å². The summed E-state index contributed by atoms with van der Waals surface area (Å²) in [7, 11) is 0. The van der Waals surface area contributed by atoms with Crippen LogP contribution in [0.4, 0.5) is 0 Å². The van der Waals surface area contributed by atoms with E-state index >= 15 is 0 Å². The standard InChI is InChI=1S/2C17H23.C3H6.2ClH.Zr/c2*1-16(2,3)14-10-11-15(17(4,5)6)13-9-7-8-12(13)14;1-3-2;;;/h2*7-11H,1-6H3;1-3H2;2*1H;/q2*-1;-2;;;+2/p-2. The Bertz CT molecular complexity index is 1090. The van der Waals surface area contributed by atoms with Crippen LogP contribution in [0.1, 0.15) is 112 Å². The second-order valence-corrected chi connectivity index (χ2v) is 14.4. The first kappa shape index (κ1) is 41.3. The molecule has 222 valence electrons. The Morgan fingerprint density at radius 2 is 0.700 bits per heavy atom. The SMILES string of the molecule is CC(C)(C)c1ccc(C(C)(C)C)c2[cH-]ccc12.CC(C)(C)c1ccc(C(C)(C)C)c2[cH-]ccc12.[CH2-]C[CH2-].[Cl-].[Cl-].[Zr+2]. The molecule has 0 nitrogen and oxygen atoms in total. The van der Waals surface area contributed by atoms with Gasteiger partial charge in [-0.1, -0.05) is 106 Å². The van der Waals surface area contributed by atoms with Crippen molar-refractivity contribution in [2.24, 2.45) is 0 Å². The van der Waals surface area contributed by atoms with Crippen molar-refractivity contribution >= 4 is 21.5 Å². The summed E-state index contributed by atoms with van der Waals surface area (Å²) in [6, 6.07) is 22.6. The van der Waals surface area contributed by atoms with Crippen molar-refractivity contribution in [2.45, 2.75) is 111 Å². The van der Waals surface area contributed by atoms with E-state index < -0.39 is 0 Å². The van der Waals surface area contributed by atoms with E-state index in [-0.39, 0.29) is 72.7 Å². The first-order valence-corrected chi connectivity index (χ1v) is 13.8. The summed E-state index contributed by atoms with van der Waals surface area (Å²) in [5.74, 6) is 0. The number of rotatable bonds is 0. The van der Waals surface area contributed by atoms with Gasteiger partial charge in [0.25, 0.3) is 0 Å². The average Bonchev–Trinajstić information content (AvgIpc) is 3.40. The normalized spacial score (nSPS) is 11.8. The Morgan fingerprint density at radius 3 is 0.925 bits per heavy atom. The van der Waals surface area contributed by atoms with Crippen LogP contribution in [0.25, 0.3) is 21.5 Å². The Balaban J connectivity index is 0. The number of fused-ring (bicyclic) bond motifs is 2. The summed E-state index contributed by atoms with van der Waals surface area (Å²) < 4.78 is 0. The Kier molecular flexibility index (Phi) is 16.0. The van der Waals surface area contributed by atoms with Gasteiger partial charge >= 0.3 is 26.2 Å². The fraction of sp³-hybridized carbons (Fsp3) is 0.459. The summed E-state index contributed by atoms with van der Waals surface area (Å²) in [5, 5.41) is 5.68. The molecule has 0 bridgehead atoms. The second kappa shape index (κ2) is 15.6. The van der Waals surface area contributed by atoms with Gasteiger partial charge in [-0.25, -0.2) is 0 Å². The summed E-state index contributed by atoms with van der Waals surface area (Å²) >= 11 is 0. The molecular weight excluding hydrogens is 607 g/mol. The molecule has 0 aliphatic carbocycles. The van der Waals surface area contributed by atoms with E-state index in [0.29, 0.717) is 0 Å². The quantitative estimate of drug-likeness (QED) is 0.224. The predicted molar refractivity (Wildman–Crippen MR) is 169 cm³/mol. The van der Waals surface area contributed by atoms with Crippen LogP contribution >= 0.6 is 0 Å². The molecule has 0 aliphatic rings. The molecule has 0 fully saturated rings. The van der Waals surface area contributed by atoms with Crippen LogP contribution in [0.2, 0.25) is 0 Å². The van der Waals surface area contributed by atoms with Crippen LogP contribution in [-0.4, -0.2) is 0 Å². The van der Waals surface area contributed by atoms with E-state index in [0.717, 1.165) is 6.42 Å². The van der Waals surface area contributed by atoms with Crippen molar-refractivity contribution in [3.05, 3.63) is 96.8 Å². The van der Waals surface area contributed by atoms with Crippen LogP contribution in [0.5, 0.6) is 0 Å². The van der Waals surface area contributed by atoms with Gasteiger partial charge in [-0.3, -0.25) is 0 Å². The molecule has 4 aromatic rings. The van der Waals surface area contributed by atoms with Crippen LogP contribution in [0.3, 0.4) is 0 Å². The second-order valence-electron chi connectivity index (χ2n) is 14.4. The Labute approximate surface area is 278 Å². The van der Waals surface area contributed by atoms with Gasteiger partial charge in [0.05, 0.1) is 0 Å². The summed E-state index contributed by atoms with van der Waals surface area (Å²) in [4.78, 5) is 0. The van der Waals surface area contributed by atoms with E-state index in [2.05, 4.69) is 158 Å². The summed E-state index contributed by atoms with van der Waals surface area (Å²) in [6.45, 7) is 34.1. The molecule has 4 aromatic carbocycles. The van der Waals surface area contributed by atoms with Gasteiger partial charge in [0.1, 0.15) is 0 Å². The summed E-state index contributed by atoms with van der Waals surface area (Å²) in [5.41, 5.74) is 6.64. The molecule has 0 unspecified atom stereocenters. The minimum absolute atomic E-state index is 0. The Morgan fingerprint density at radius 1 is 0.475 bits per heavy atom. The van der Waals surface area contributed by atoms with Crippen molar-refractivity contribution in [1.82, 2.24) is 0 Å². The zero-order chi connectivity index (χ0) is 28.4. The van der Waals surface area contributed by atoms with Crippen molar-refractivity contribution in [3.63, 3.8) is 0 Å². The first-order valence-electron chi connectivity index (χ1n) is 13.8. The molecule has 0 aliphatic heterocycles. The van der Waals surface area contributed by atoms with E-state index in [4.69, 9.17) is 0 Å². The van der Waals surface area contributed by atoms with Crippen molar-refractivity contribution in [2.75, 3.05) is 0 Å². The third kappa shape index (κ3) is 10.1.